The number of anilines is 1. The second kappa shape index (κ2) is 8.21. The molecule has 1 aromatic heterocycles. The molecular formula is C22H23N3O3S. The first-order valence-electron chi connectivity index (χ1n) is 9.49. The summed E-state index contributed by atoms with van der Waals surface area (Å²) in [5, 5.41) is 7.80. The second-order valence-corrected chi connectivity index (χ2v) is 7.79. The zero-order valence-electron chi connectivity index (χ0n) is 16.6. The smallest absolute Gasteiger partial charge is 0.235 e. The summed E-state index contributed by atoms with van der Waals surface area (Å²) in [7, 11) is 1.64. The summed E-state index contributed by atoms with van der Waals surface area (Å²) < 4.78 is 12.6. The van der Waals surface area contributed by atoms with Gasteiger partial charge in [0.2, 0.25) is 5.91 Å². The first-order chi connectivity index (χ1) is 14.1. The number of carbonyl (C=O) groups excluding carboxylic acids is 1. The van der Waals surface area contributed by atoms with E-state index >= 15 is 0 Å². The van der Waals surface area contributed by atoms with Gasteiger partial charge in [0.05, 0.1) is 36.1 Å². The van der Waals surface area contributed by atoms with E-state index in [9.17, 15) is 4.79 Å². The Balaban J connectivity index is 1.78. The van der Waals surface area contributed by atoms with Crippen LogP contribution in [0, 0.1) is 6.92 Å². The predicted molar refractivity (Wildman–Crippen MR) is 115 cm³/mol. The van der Waals surface area contributed by atoms with Gasteiger partial charge in [-0.2, -0.15) is 5.10 Å². The van der Waals surface area contributed by atoms with Crippen LogP contribution in [0.3, 0.4) is 0 Å². The number of thioether (sulfide) groups is 1. The number of aromatic nitrogens is 2. The monoisotopic (exact) mass is 409 g/mol. The minimum atomic E-state index is -0.0284. The van der Waals surface area contributed by atoms with Crippen molar-refractivity contribution in [3.05, 3.63) is 65.4 Å². The summed E-state index contributed by atoms with van der Waals surface area (Å²) in [6, 6.07) is 15.7. The Bertz CT molecular complexity index is 1010. The van der Waals surface area contributed by atoms with Crippen LogP contribution < -0.4 is 14.8 Å². The number of hydrogen-bond acceptors (Lipinski definition) is 5. The maximum atomic E-state index is 12.4. The summed E-state index contributed by atoms with van der Waals surface area (Å²) in [5.74, 6) is 2.70. The van der Waals surface area contributed by atoms with Gasteiger partial charge in [0.25, 0.3) is 0 Å². The molecule has 1 aliphatic rings. The van der Waals surface area contributed by atoms with E-state index < -0.39 is 0 Å². The second-order valence-electron chi connectivity index (χ2n) is 6.70. The number of amides is 1. The zero-order valence-corrected chi connectivity index (χ0v) is 17.5. The third kappa shape index (κ3) is 3.82. The molecule has 0 saturated heterocycles. The Kier molecular flexibility index (Phi) is 5.49. The lowest BCUT2D eigenvalue weighted by Gasteiger charge is -2.16. The highest BCUT2D eigenvalue weighted by atomic mass is 32.2. The number of ether oxygens (including phenoxy) is 2. The molecule has 1 aliphatic heterocycles. The molecule has 7 heteroatoms. The van der Waals surface area contributed by atoms with E-state index in [0.29, 0.717) is 12.4 Å². The van der Waals surface area contributed by atoms with E-state index in [0.717, 1.165) is 39.8 Å². The molecule has 4 rings (SSSR count). The van der Waals surface area contributed by atoms with Crippen molar-refractivity contribution in [1.82, 2.24) is 9.78 Å². The average Bonchev–Trinajstić information content (AvgIpc) is 2.94. The summed E-state index contributed by atoms with van der Waals surface area (Å²) in [5.41, 5.74) is 3.91. The predicted octanol–water partition coefficient (Wildman–Crippen LogP) is 4.36. The molecule has 2 aromatic carbocycles. The minimum absolute atomic E-state index is 0.00613. The van der Waals surface area contributed by atoms with Crippen molar-refractivity contribution < 1.29 is 14.3 Å². The number of methoxy groups -OCH3 is 1. The van der Waals surface area contributed by atoms with Crippen molar-refractivity contribution in [2.75, 3.05) is 24.8 Å². The standard InChI is InChI=1S/C22H23N3O3S/c1-4-28-18-9-5-15(6-10-18)21-20-14(2)24-25(22(20)23-19(26)13-29-21)16-7-11-17(27-3)12-8-16/h5-12,21H,4,13H2,1-3H3,(H,23,26)/t21-/m0/s1. The number of benzene rings is 2. The molecular weight excluding hydrogens is 386 g/mol. The van der Waals surface area contributed by atoms with Gasteiger partial charge in [-0.05, 0) is 55.8 Å². The van der Waals surface area contributed by atoms with Gasteiger partial charge in [-0.15, -0.1) is 11.8 Å². The molecule has 2 heterocycles. The van der Waals surface area contributed by atoms with Gasteiger partial charge in [0.15, 0.2) is 0 Å². The summed E-state index contributed by atoms with van der Waals surface area (Å²) in [6.07, 6.45) is 0. The highest BCUT2D eigenvalue weighted by molar-refractivity contribution is 8.00. The fourth-order valence-electron chi connectivity index (χ4n) is 3.46. The Morgan fingerprint density at radius 2 is 1.83 bits per heavy atom. The van der Waals surface area contributed by atoms with Crippen molar-refractivity contribution in [3.63, 3.8) is 0 Å². The quantitative estimate of drug-likeness (QED) is 0.678. The van der Waals surface area contributed by atoms with Crippen molar-refractivity contribution in [2.45, 2.75) is 19.1 Å². The Labute approximate surface area is 174 Å². The highest BCUT2D eigenvalue weighted by Crippen LogP contribution is 2.44. The van der Waals surface area contributed by atoms with E-state index in [-0.39, 0.29) is 11.2 Å². The van der Waals surface area contributed by atoms with Crippen molar-refractivity contribution in [2.24, 2.45) is 0 Å². The lowest BCUT2D eigenvalue weighted by molar-refractivity contribution is -0.113. The Morgan fingerprint density at radius 1 is 1.14 bits per heavy atom. The number of fused-ring (bicyclic) bond motifs is 1. The molecule has 0 aliphatic carbocycles. The van der Waals surface area contributed by atoms with Crippen LogP contribution >= 0.6 is 11.8 Å². The Hall–Kier alpha value is -2.93. The van der Waals surface area contributed by atoms with Crippen LogP contribution in [0.4, 0.5) is 5.82 Å². The molecule has 0 unspecified atom stereocenters. The fourth-order valence-corrected chi connectivity index (χ4v) is 4.65. The highest BCUT2D eigenvalue weighted by Gasteiger charge is 2.30. The van der Waals surface area contributed by atoms with E-state index in [4.69, 9.17) is 14.6 Å². The van der Waals surface area contributed by atoms with Crippen LogP contribution in [0.15, 0.2) is 48.5 Å². The van der Waals surface area contributed by atoms with E-state index in [1.807, 2.05) is 50.2 Å². The molecule has 1 amide bonds. The molecule has 0 saturated carbocycles. The maximum absolute atomic E-state index is 12.4. The van der Waals surface area contributed by atoms with Crippen molar-refractivity contribution in [1.29, 1.82) is 0 Å². The normalized spacial score (nSPS) is 16.0. The molecule has 29 heavy (non-hydrogen) atoms. The summed E-state index contributed by atoms with van der Waals surface area (Å²) in [6.45, 7) is 4.59. The van der Waals surface area contributed by atoms with Crippen LogP contribution in [0.2, 0.25) is 0 Å². The fraction of sp³-hybridized carbons (Fsp3) is 0.273. The first-order valence-corrected chi connectivity index (χ1v) is 10.5. The number of aryl methyl sites for hydroxylation is 1. The third-order valence-corrected chi connectivity index (χ3v) is 6.09. The molecule has 3 aromatic rings. The van der Waals surface area contributed by atoms with E-state index in [1.54, 1.807) is 23.6 Å². The molecule has 0 bridgehead atoms. The van der Waals surface area contributed by atoms with Gasteiger partial charge < -0.3 is 14.8 Å². The molecule has 6 nitrogen and oxygen atoms in total. The molecule has 150 valence electrons. The minimum Gasteiger partial charge on any atom is -0.497 e. The van der Waals surface area contributed by atoms with Crippen LogP contribution in [-0.2, 0) is 4.79 Å². The van der Waals surface area contributed by atoms with Gasteiger partial charge in [-0.25, -0.2) is 4.68 Å². The first kappa shape index (κ1) is 19.4. The van der Waals surface area contributed by atoms with Crippen LogP contribution in [0.25, 0.3) is 5.69 Å². The number of hydrogen-bond donors (Lipinski definition) is 1. The molecule has 1 atom stereocenters. The number of nitrogens with zero attached hydrogens (tertiary/aromatic N) is 2. The molecule has 0 spiro atoms. The van der Waals surface area contributed by atoms with E-state index in [2.05, 4.69) is 17.4 Å². The largest absolute Gasteiger partial charge is 0.497 e. The van der Waals surface area contributed by atoms with Gasteiger partial charge >= 0.3 is 0 Å². The number of carbonyl (C=O) groups is 1. The van der Waals surface area contributed by atoms with Crippen LogP contribution in [0.5, 0.6) is 11.5 Å². The summed E-state index contributed by atoms with van der Waals surface area (Å²) in [4.78, 5) is 12.4. The average molecular weight is 410 g/mol. The van der Waals surface area contributed by atoms with Gasteiger partial charge in [-0.3, -0.25) is 4.79 Å². The number of rotatable bonds is 5. The van der Waals surface area contributed by atoms with Crippen molar-refractivity contribution >= 4 is 23.5 Å². The van der Waals surface area contributed by atoms with Crippen LogP contribution in [0.1, 0.15) is 29.0 Å². The number of nitrogens with one attached hydrogen (secondary N) is 1. The van der Waals surface area contributed by atoms with Crippen LogP contribution in [-0.4, -0.2) is 35.2 Å². The van der Waals surface area contributed by atoms with Gasteiger partial charge in [0, 0.05) is 5.56 Å². The lowest BCUT2D eigenvalue weighted by Crippen LogP contribution is -2.15. The third-order valence-electron chi connectivity index (χ3n) is 4.82. The van der Waals surface area contributed by atoms with Gasteiger partial charge in [0.1, 0.15) is 17.3 Å². The molecule has 0 radical (unpaired) electrons. The maximum Gasteiger partial charge on any atom is 0.235 e. The topological polar surface area (TPSA) is 65.4 Å². The lowest BCUT2D eigenvalue weighted by atomic mass is 10.0. The summed E-state index contributed by atoms with van der Waals surface area (Å²) >= 11 is 1.61. The van der Waals surface area contributed by atoms with E-state index in [1.165, 1.54) is 0 Å². The molecule has 0 fully saturated rings. The SMILES string of the molecule is CCOc1ccc([C@@H]2SCC(=O)Nc3c2c(C)nn3-c2ccc(OC)cc2)cc1. The Morgan fingerprint density at radius 3 is 2.48 bits per heavy atom. The molecule has 1 N–H and O–H groups in total. The zero-order chi connectivity index (χ0) is 20.4. The van der Waals surface area contributed by atoms with Gasteiger partial charge in [-0.1, -0.05) is 12.1 Å². The van der Waals surface area contributed by atoms with Crippen molar-refractivity contribution in [3.8, 4) is 17.2 Å².